The fraction of sp³-hybridized carbons (Fsp3) is 0.818. The Kier molecular flexibility index (Phi) is 7.07. The van der Waals surface area contributed by atoms with Crippen molar-refractivity contribution in [3.05, 3.63) is 0 Å². The first-order valence-electron chi connectivity index (χ1n) is 5.98. The fourth-order valence-corrected chi connectivity index (χ4v) is 2.63. The molecule has 0 aromatic rings. The molecule has 1 heterocycles. The van der Waals surface area contributed by atoms with Crippen LogP contribution in [-0.4, -0.2) is 60.8 Å². The van der Waals surface area contributed by atoms with E-state index >= 15 is 0 Å². The van der Waals surface area contributed by atoms with Crippen molar-refractivity contribution >= 4 is 23.6 Å². The number of ether oxygens (including phenoxy) is 1. The van der Waals surface area contributed by atoms with Crippen LogP contribution in [0.25, 0.3) is 0 Å². The van der Waals surface area contributed by atoms with Gasteiger partial charge >= 0.3 is 5.97 Å². The lowest BCUT2D eigenvalue weighted by molar-refractivity contribution is -0.142. The maximum Gasteiger partial charge on any atom is 0.326 e. The summed E-state index contributed by atoms with van der Waals surface area (Å²) in [6.07, 6.45) is 0.995. The highest BCUT2D eigenvalue weighted by atomic mass is 32.2. The molecule has 1 amide bonds. The number of hydrogen-bond acceptors (Lipinski definition) is 5. The summed E-state index contributed by atoms with van der Waals surface area (Å²) in [6.45, 7) is 1.28. The third-order valence-electron chi connectivity index (χ3n) is 2.69. The maximum absolute atomic E-state index is 11.9. The van der Waals surface area contributed by atoms with Crippen LogP contribution < -0.4 is 10.6 Å². The van der Waals surface area contributed by atoms with Crippen LogP contribution in [0.2, 0.25) is 0 Å². The van der Waals surface area contributed by atoms with Crippen molar-refractivity contribution in [2.45, 2.75) is 24.9 Å². The molecule has 1 aliphatic heterocycles. The number of hydrogen-bond donors (Lipinski definition) is 3. The van der Waals surface area contributed by atoms with Crippen molar-refractivity contribution < 1.29 is 19.4 Å². The second-order valence-corrected chi connectivity index (χ2v) is 5.27. The Labute approximate surface area is 111 Å². The summed E-state index contributed by atoms with van der Waals surface area (Å²) >= 11 is 1.70. The third-order valence-corrected chi connectivity index (χ3v) is 3.76. The number of methoxy groups -OCH3 is 1. The first-order valence-corrected chi connectivity index (χ1v) is 7.14. The van der Waals surface area contributed by atoms with Crippen LogP contribution in [0.5, 0.6) is 0 Å². The zero-order valence-corrected chi connectivity index (χ0v) is 11.3. The predicted molar refractivity (Wildman–Crippen MR) is 69.8 cm³/mol. The molecular weight excluding hydrogens is 256 g/mol. The topological polar surface area (TPSA) is 87.7 Å². The minimum absolute atomic E-state index is 0.230. The Balaban J connectivity index is 2.38. The van der Waals surface area contributed by atoms with Gasteiger partial charge in [0.05, 0.1) is 6.04 Å². The molecule has 3 N–H and O–H groups in total. The summed E-state index contributed by atoms with van der Waals surface area (Å²) in [6, 6.07) is -1.12. The SMILES string of the molecule is COCCCC(NC(=O)C1CSCCN1)C(=O)O. The van der Waals surface area contributed by atoms with E-state index in [4.69, 9.17) is 9.84 Å². The van der Waals surface area contributed by atoms with Crippen LogP contribution in [0.15, 0.2) is 0 Å². The van der Waals surface area contributed by atoms with Gasteiger partial charge in [-0.2, -0.15) is 11.8 Å². The Morgan fingerprint density at radius 1 is 1.61 bits per heavy atom. The lowest BCUT2D eigenvalue weighted by atomic mass is 10.1. The van der Waals surface area contributed by atoms with Gasteiger partial charge in [0.15, 0.2) is 0 Å². The van der Waals surface area contributed by atoms with Crippen molar-refractivity contribution in [3.63, 3.8) is 0 Å². The number of carbonyl (C=O) groups is 2. The minimum Gasteiger partial charge on any atom is -0.480 e. The molecule has 1 saturated heterocycles. The van der Waals surface area contributed by atoms with E-state index in [0.29, 0.717) is 25.2 Å². The smallest absolute Gasteiger partial charge is 0.326 e. The molecule has 0 aromatic carbocycles. The van der Waals surface area contributed by atoms with Gasteiger partial charge in [-0.3, -0.25) is 4.79 Å². The van der Waals surface area contributed by atoms with Gasteiger partial charge in [-0.05, 0) is 12.8 Å². The van der Waals surface area contributed by atoms with E-state index in [1.54, 1.807) is 18.9 Å². The summed E-state index contributed by atoms with van der Waals surface area (Å²) in [5.41, 5.74) is 0. The van der Waals surface area contributed by atoms with Gasteiger partial charge in [-0.1, -0.05) is 0 Å². The van der Waals surface area contributed by atoms with Crippen molar-refractivity contribution in [1.29, 1.82) is 0 Å². The zero-order valence-electron chi connectivity index (χ0n) is 10.5. The quantitative estimate of drug-likeness (QED) is 0.553. The number of nitrogens with one attached hydrogen (secondary N) is 2. The molecular formula is C11H20N2O4S. The molecule has 0 aliphatic carbocycles. The minimum atomic E-state index is -0.997. The van der Waals surface area contributed by atoms with E-state index in [0.717, 1.165) is 12.3 Å². The van der Waals surface area contributed by atoms with Crippen molar-refractivity contribution in [3.8, 4) is 0 Å². The van der Waals surface area contributed by atoms with Gasteiger partial charge in [-0.15, -0.1) is 0 Å². The highest BCUT2D eigenvalue weighted by Crippen LogP contribution is 2.08. The second-order valence-electron chi connectivity index (χ2n) is 4.12. The summed E-state index contributed by atoms with van der Waals surface area (Å²) in [7, 11) is 1.57. The maximum atomic E-state index is 11.9. The molecule has 6 nitrogen and oxygen atoms in total. The highest BCUT2D eigenvalue weighted by molar-refractivity contribution is 7.99. The standard InChI is InChI=1S/C11H20N2O4S/c1-17-5-2-3-8(11(15)16)13-10(14)9-7-18-6-4-12-9/h8-9,12H,2-7H2,1H3,(H,13,14)(H,15,16). The van der Waals surface area contributed by atoms with Gasteiger partial charge in [0.1, 0.15) is 6.04 Å². The van der Waals surface area contributed by atoms with E-state index in [1.807, 2.05) is 0 Å². The van der Waals surface area contributed by atoms with Gasteiger partial charge in [0.2, 0.25) is 5.91 Å². The van der Waals surface area contributed by atoms with Crippen LogP contribution in [0.3, 0.4) is 0 Å². The van der Waals surface area contributed by atoms with E-state index in [1.165, 1.54) is 0 Å². The third kappa shape index (κ3) is 5.24. The second kappa shape index (κ2) is 8.34. The monoisotopic (exact) mass is 276 g/mol. The van der Waals surface area contributed by atoms with Gasteiger partial charge in [0, 0.05) is 31.8 Å². The van der Waals surface area contributed by atoms with Crippen molar-refractivity contribution in [2.75, 3.05) is 31.8 Å². The van der Waals surface area contributed by atoms with Gasteiger partial charge < -0.3 is 20.5 Å². The Hall–Kier alpha value is -0.790. The first kappa shape index (κ1) is 15.3. The Morgan fingerprint density at radius 3 is 2.94 bits per heavy atom. The first-order chi connectivity index (χ1) is 8.65. The summed E-state index contributed by atoms with van der Waals surface area (Å²) in [5, 5.41) is 14.7. The number of aliphatic carboxylic acids is 1. The zero-order chi connectivity index (χ0) is 13.4. The van der Waals surface area contributed by atoms with Gasteiger partial charge in [-0.25, -0.2) is 4.79 Å². The average Bonchev–Trinajstić information content (AvgIpc) is 2.38. The van der Waals surface area contributed by atoms with Crippen LogP contribution in [0.4, 0.5) is 0 Å². The van der Waals surface area contributed by atoms with Crippen LogP contribution in [0.1, 0.15) is 12.8 Å². The van der Waals surface area contributed by atoms with Crippen LogP contribution in [-0.2, 0) is 14.3 Å². The molecule has 0 saturated carbocycles. The molecule has 1 fully saturated rings. The van der Waals surface area contributed by atoms with Crippen molar-refractivity contribution in [1.82, 2.24) is 10.6 Å². The molecule has 2 atom stereocenters. The lowest BCUT2D eigenvalue weighted by Gasteiger charge is -2.24. The van der Waals surface area contributed by atoms with E-state index < -0.39 is 12.0 Å². The number of rotatable bonds is 7. The highest BCUT2D eigenvalue weighted by Gasteiger charge is 2.26. The Morgan fingerprint density at radius 2 is 2.39 bits per heavy atom. The number of carboxylic acid groups (broad SMARTS) is 1. The number of carboxylic acids is 1. The molecule has 0 radical (unpaired) electrons. The molecule has 18 heavy (non-hydrogen) atoms. The molecule has 0 aromatic heterocycles. The van der Waals surface area contributed by atoms with Crippen LogP contribution in [0, 0.1) is 0 Å². The summed E-state index contributed by atoms with van der Waals surface area (Å²) in [4.78, 5) is 22.9. The van der Waals surface area contributed by atoms with Gasteiger partial charge in [0.25, 0.3) is 0 Å². The number of carbonyl (C=O) groups excluding carboxylic acids is 1. The normalized spacial score (nSPS) is 21.3. The molecule has 0 spiro atoms. The van der Waals surface area contributed by atoms with E-state index in [9.17, 15) is 9.59 Å². The molecule has 2 unspecified atom stereocenters. The predicted octanol–water partition coefficient (Wildman–Crippen LogP) is -0.313. The van der Waals surface area contributed by atoms with E-state index in [-0.39, 0.29) is 11.9 Å². The van der Waals surface area contributed by atoms with Crippen molar-refractivity contribution in [2.24, 2.45) is 0 Å². The lowest BCUT2D eigenvalue weighted by Crippen LogP contribution is -2.53. The molecule has 1 aliphatic rings. The fourth-order valence-electron chi connectivity index (χ4n) is 1.70. The summed E-state index contributed by atoms with van der Waals surface area (Å²) in [5.74, 6) is 0.450. The molecule has 7 heteroatoms. The number of thioether (sulfide) groups is 1. The largest absolute Gasteiger partial charge is 0.480 e. The Bertz CT molecular complexity index is 282. The average molecular weight is 276 g/mol. The molecule has 104 valence electrons. The van der Waals surface area contributed by atoms with E-state index in [2.05, 4.69) is 10.6 Å². The molecule has 0 bridgehead atoms. The summed E-state index contributed by atoms with van der Waals surface area (Å²) < 4.78 is 4.87. The number of amides is 1. The van der Waals surface area contributed by atoms with Crippen LogP contribution >= 0.6 is 11.8 Å². The molecule has 1 rings (SSSR count).